The Balaban J connectivity index is 4.33. The summed E-state index contributed by atoms with van der Waals surface area (Å²) in [5.41, 5.74) is 0. The first-order valence-electron chi connectivity index (χ1n) is 3.24. The van der Waals surface area contributed by atoms with E-state index < -0.39 is 24.5 Å². The van der Waals surface area contributed by atoms with Crippen molar-refractivity contribution < 1.29 is 24.6 Å². The van der Waals surface area contributed by atoms with Crippen molar-refractivity contribution in [3.05, 3.63) is 0 Å². The number of hydrogen-bond acceptors (Lipinski definition) is 3. The molecule has 0 aliphatic rings. The largest absolute Gasteiger partial charge is 0.480 e. The van der Waals surface area contributed by atoms with Crippen LogP contribution in [0.1, 0.15) is 13.3 Å². The molecule has 0 aromatic rings. The first-order valence-corrected chi connectivity index (χ1v) is 3.24. The predicted octanol–water partition coefficient (Wildman–Crippen LogP) is -0.0124. The average Bonchev–Trinajstić information content (AvgIpc) is 1.98. The number of hydrogen-bond donors (Lipinski definition) is 2. The van der Waals surface area contributed by atoms with Gasteiger partial charge in [-0.3, -0.25) is 9.59 Å². The van der Waals surface area contributed by atoms with Crippen LogP contribution in [0.15, 0.2) is 0 Å². The molecule has 12 heavy (non-hydrogen) atoms. The van der Waals surface area contributed by atoms with Gasteiger partial charge in [0, 0.05) is 6.42 Å². The lowest BCUT2D eigenvalue weighted by atomic mass is 10.4. The molecule has 0 unspecified atom stereocenters. The molecule has 0 saturated heterocycles. The van der Waals surface area contributed by atoms with Gasteiger partial charge in [-0.15, -0.1) is 0 Å². The molecule has 2 amide bonds. The predicted molar refractivity (Wildman–Crippen MR) is 37.7 cm³/mol. The molecular formula is C6H9NO5. The van der Waals surface area contributed by atoms with Crippen molar-refractivity contribution in [1.29, 1.82) is 0 Å². The van der Waals surface area contributed by atoms with Gasteiger partial charge in [-0.1, -0.05) is 6.92 Å². The second-order valence-corrected chi connectivity index (χ2v) is 2.01. The molecule has 68 valence electrons. The van der Waals surface area contributed by atoms with Crippen molar-refractivity contribution >= 4 is 18.0 Å². The van der Waals surface area contributed by atoms with E-state index in [2.05, 4.69) is 0 Å². The summed E-state index contributed by atoms with van der Waals surface area (Å²) in [6, 6.07) is 0. The Bertz CT molecular complexity index is 212. The zero-order valence-electron chi connectivity index (χ0n) is 6.48. The van der Waals surface area contributed by atoms with E-state index in [0.29, 0.717) is 0 Å². The van der Waals surface area contributed by atoms with Crippen LogP contribution in [-0.2, 0) is 9.59 Å². The third-order valence-electron chi connectivity index (χ3n) is 1.13. The fraction of sp³-hybridized carbons (Fsp3) is 0.500. The van der Waals surface area contributed by atoms with Crippen molar-refractivity contribution in [2.24, 2.45) is 0 Å². The van der Waals surface area contributed by atoms with Crippen molar-refractivity contribution in [1.82, 2.24) is 4.90 Å². The fourth-order valence-electron chi connectivity index (χ4n) is 0.589. The third-order valence-corrected chi connectivity index (χ3v) is 1.13. The zero-order chi connectivity index (χ0) is 9.72. The highest BCUT2D eigenvalue weighted by molar-refractivity contribution is 5.94. The van der Waals surface area contributed by atoms with Crippen LogP contribution in [0.4, 0.5) is 4.79 Å². The first kappa shape index (κ1) is 10.4. The van der Waals surface area contributed by atoms with Gasteiger partial charge in [-0.25, -0.2) is 9.69 Å². The minimum absolute atomic E-state index is 0.0282. The summed E-state index contributed by atoms with van der Waals surface area (Å²) in [5.74, 6) is -2.07. The minimum Gasteiger partial charge on any atom is -0.480 e. The molecule has 0 aromatic heterocycles. The molecule has 0 aliphatic carbocycles. The number of imide groups is 1. The smallest absolute Gasteiger partial charge is 0.414 e. The lowest BCUT2D eigenvalue weighted by Gasteiger charge is -2.12. The maximum absolute atomic E-state index is 10.8. The normalized spacial score (nSPS) is 9.08. The summed E-state index contributed by atoms with van der Waals surface area (Å²) in [6.45, 7) is 0.655. The molecule has 0 atom stereocenters. The summed E-state index contributed by atoms with van der Waals surface area (Å²) >= 11 is 0. The van der Waals surface area contributed by atoms with E-state index in [1.165, 1.54) is 6.92 Å². The van der Waals surface area contributed by atoms with Gasteiger partial charge in [0.1, 0.15) is 6.54 Å². The van der Waals surface area contributed by atoms with E-state index in [4.69, 9.17) is 10.2 Å². The molecule has 0 aliphatic heterocycles. The van der Waals surface area contributed by atoms with Gasteiger partial charge < -0.3 is 10.2 Å². The van der Waals surface area contributed by atoms with Gasteiger partial charge in [-0.05, 0) is 0 Å². The molecule has 2 N–H and O–H groups in total. The monoisotopic (exact) mass is 175 g/mol. The maximum atomic E-state index is 10.8. The van der Waals surface area contributed by atoms with E-state index in [-0.39, 0.29) is 11.3 Å². The SMILES string of the molecule is CCC(=O)N(CC(=O)O)C(=O)O. The van der Waals surface area contributed by atoms with Crippen LogP contribution in [0, 0.1) is 0 Å². The van der Waals surface area contributed by atoms with Crippen LogP contribution in [0.2, 0.25) is 0 Å². The van der Waals surface area contributed by atoms with Crippen molar-refractivity contribution in [3.8, 4) is 0 Å². The molecule has 0 radical (unpaired) electrons. The Kier molecular flexibility index (Phi) is 3.75. The zero-order valence-corrected chi connectivity index (χ0v) is 6.48. The van der Waals surface area contributed by atoms with Gasteiger partial charge in [0.05, 0.1) is 0 Å². The van der Waals surface area contributed by atoms with E-state index in [1.54, 1.807) is 0 Å². The maximum Gasteiger partial charge on any atom is 0.414 e. The topological polar surface area (TPSA) is 94.9 Å². The lowest BCUT2D eigenvalue weighted by molar-refractivity contribution is -0.142. The number of aliphatic carboxylic acids is 1. The van der Waals surface area contributed by atoms with E-state index in [9.17, 15) is 14.4 Å². The second-order valence-electron chi connectivity index (χ2n) is 2.01. The van der Waals surface area contributed by atoms with E-state index in [0.717, 1.165) is 0 Å². The minimum atomic E-state index is -1.54. The van der Waals surface area contributed by atoms with Gasteiger partial charge in [0.15, 0.2) is 0 Å². The standard InChI is InChI=1S/C6H9NO5/c1-2-4(8)7(6(11)12)3-5(9)10/h2-3H2,1H3,(H,9,10)(H,11,12). The number of amides is 2. The number of carboxylic acids is 1. The molecule has 0 fully saturated rings. The number of carbonyl (C=O) groups is 3. The molecular weight excluding hydrogens is 166 g/mol. The van der Waals surface area contributed by atoms with Crippen LogP contribution in [0.25, 0.3) is 0 Å². The molecule has 0 spiro atoms. The number of carboxylic acid groups (broad SMARTS) is 2. The first-order chi connectivity index (χ1) is 5.49. The van der Waals surface area contributed by atoms with Crippen molar-refractivity contribution in [3.63, 3.8) is 0 Å². The summed E-state index contributed by atoms with van der Waals surface area (Å²) in [4.78, 5) is 31.4. The number of carbonyl (C=O) groups excluding carboxylic acids is 1. The van der Waals surface area contributed by atoms with Crippen molar-refractivity contribution in [2.45, 2.75) is 13.3 Å². The molecule has 0 saturated carbocycles. The Morgan fingerprint density at radius 2 is 1.75 bits per heavy atom. The van der Waals surface area contributed by atoms with Crippen LogP contribution >= 0.6 is 0 Å². The molecule has 6 heteroatoms. The van der Waals surface area contributed by atoms with Crippen LogP contribution < -0.4 is 0 Å². The van der Waals surface area contributed by atoms with Gasteiger partial charge in [-0.2, -0.15) is 0 Å². The second kappa shape index (κ2) is 4.32. The summed E-state index contributed by atoms with van der Waals surface area (Å²) in [6.07, 6.45) is -1.57. The van der Waals surface area contributed by atoms with Crippen LogP contribution in [0.5, 0.6) is 0 Å². The molecule has 0 aromatic carbocycles. The number of nitrogens with zero attached hydrogens (tertiary/aromatic N) is 1. The molecule has 6 nitrogen and oxygen atoms in total. The average molecular weight is 175 g/mol. The van der Waals surface area contributed by atoms with E-state index >= 15 is 0 Å². The molecule has 0 bridgehead atoms. The fourth-order valence-corrected chi connectivity index (χ4v) is 0.589. The Morgan fingerprint density at radius 3 is 2.00 bits per heavy atom. The van der Waals surface area contributed by atoms with Crippen LogP contribution in [0.3, 0.4) is 0 Å². The summed E-state index contributed by atoms with van der Waals surface area (Å²) in [5, 5.41) is 16.6. The van der Waals surface area contributed by atoms with Crippen LogP contribution in [-0.4, -0.2) is 39.6 Å². The Hall–Kier alpha value is -1.59. The molecule has 0 heterocycles. The quantitative estimate of drug-likeness (QED) is 0.628. The lowest BCUT2D eigenvalue weighted by Crippen LogP contribution is -2.39. The Labute approximate surface area is 68.4 Å². The third kappa shape index (κ3) is 3.00. The van der Waals surface area contributed by atoms with Gasteiger partial charge >= 0.3 is 12.1 Å². The summed E-state index contributed by atoms with van der Waals surface area (Å²) in [7, 11) is 0. The van der Waals surface area contributed by atoms with E-state index in [1.807, 2.05) is 0 Å². The highest BCUT2D eigenvalue weighted by Gasteiger charge is 2.21. The number of rotatable bonds is 3. The highest BCUT2D eigenvalue weighted by atomic mass is 16.4. The van der Waals surface area contributed by atoms with Crippen molar-refractivity contribution in [2.75, 3.05) is 6.54 Å². The van der Waals surface area contributed by atoms with Gasteiger partial charge in [0.25, 0.3) is 0 Å². The molecule has 0 rings (SSSR count). The highest BCUT2D eigenvalue weighted by Crippen LogP contribution is 1.94. The van der Waals surface area contributed by atoms with Gasteiger partial charge in [0.2, 0.25) is 5.91 Å². The summed E-state index contributed by atoms with van der Waals surface area (Å²) < 4.78 is 0. The Morgan fingerprint density at radius 1 is 1.25 bits per heavy atom.